The van der Waals surface area contributed by atoms with Gasteiger partial charge < -0.3 is 20.8 Å². The molecule has 24 heavy (non-hydrogen) atoms. The normalized spacial score (nSPS) is 41.3. The minimum absolute atomic E-state index is 0.219. The van der Waals surface area contributed by atoms with Crippen LogP contribution in [0.1, 0.15) is 37.7 Å². The number of aliphatic hydroxyl groups is 1. The second-order valence-corrected chi connectivity index (χ2v) is 7.84. The number of hydrogen-bond acceptors (Lipinski definition) is 3. The maximum atomic E-state index is 11.5. The molecule has 1 heterocycles. The van der Waals surface area contributed by atoms with Crippen molar-refractivity contribution >= 4 is 6.09 Å². The summed E-state index contributed by atoms with van der Waals surface area (Å²) < 4.78 is 0. The number of rotatable bonds is 3. The molecule has 0 radical (unpaired) electrons. The predicted molar refractivity (Wildman–Crippen MR) is 90.7 cm³/mol. The average molecular weight is 330 g/mol. The van der Waals surface area contributed by atoms with Gasteiger partial charge in [-0.05, 0) is 62.0 Å². The third-order valence-corrected chi connectivity index (χ3v) is 6.81. The summed E-state index contributed by atoms with van der Waals surface area (Å²) in [5.74, 6) is 0.735. The van der Waals surface area contributed by atoms with E-state index in [-0.39, 0.29) is 17.4 Å². The standard InChI is InChI=1S/C19H26N2O3/c22-17(23)21-18(8-9-20-12-18)16-10-14-6-7-15(11-16)19(14,24)13-4-2-1-3-5-13/h1-5,14-16,20-21,24H,6-12H2,(H,22,23)/t14?,15?,16?,18-,19?/m0/s1. The smallest absolute Gasteiger partial charge is 0.405 e. The summed E-state index contributed by atoms with van der Waals surface area (Å²) in [5, 5.41) is 27.0. The summed E-state index contributed by atoms with van der Waals surface area (Å²) in [6.07, 6.45) is 3.75. The van der Waals surface area contributed by atoms with Gasteiger partial charge in [0.1, 0.15) is 0 Å². The first kappa shape index (κ1) is 15.9. The molecule has 1 amide bonds. The molecule has 2 bridgehead atoms. The van der Waals surface area contributed by atoms with Crippen LogP contribution in [0.2, 0.25) is 0 Å². The Bertz CT molecular complexity index is 598. The van der Waals surface area contributed by atoms with Crippen molar-refractivity contribution in [2.75, 3.05) is 13.1 Å². The Labute approximate surface area is 142 Å². The first-order chi connectivity index (χ1) is 11.5. The summed E-state index contributed by atoms with van der Waals surface area (Å²) in [6, 6.07) is 10.0. The molecule has 4 N–H and O–H groups in total. The van der Waals surface area contributed by atoms with Crippen molar-refractivity contribution in [1.29, 1.82) is 0 Å². The van der Waals surface area contributed by atoms with Crippen LogP contribution in [-0.4, -0.2) is 34.9 Å². The molecule has 1 aromatic rings. The van der Waals surface area contributed by atoms with Gasteiger partial charge in [-0.3, -0.25) is 0 Å². The molecule has 4 rings (SSSR count). The molecule has 3 aliphatic rings. The van der Waals surface area contributed by atoms with E-state index in [1.807, 2.05) is 30.3 Å². The Kier molecular flexibility index (Phi) is 3.81. The van der Waals surface area contributed by atoms with Gasteiger partial charge in [-0.25, -0.2) is 4.79 Å². The zero-order valence-corrected chi connectivity index (χ0v) is 13.9. The molecule has 1 saturated heterocycles. The van der Waals surface area contributed by atoms with Crippen molar-refractivity contribution in [1.82, 2.24) is 10.6 Å². The van der Waals surface area contributed by atoms with Crippen molar-refractivity contribution in [2.24, 2.45) is 17.8 Å². The quantitative estimate of drug-likeness (QED) is 0.685. The molecule has 1 aliphatic heterocycles. The minimum atomic E-state index is -0.935. The van der Waals surface area contributed by atoms with Crippen LogP contribution in [0.4, 0.5) is 4.79 Å². The van der Waals surface area contributed by atoms with Crippen molar-refractivity contribution < 1.29 is 15.0 Å². The van der Waals surface area contributed by atoms with E-state index >= 15 is 0 Å². The third kappa shape index (κ3) is 2.33. The van der Waals surface area contributed by atoms with E-state index in [9.17, 15) is 15.0 Å². The number of carbonyl (C=O) groups is 1. The lowest BCUT2D eigenvalue weighted by atomic mass is 9.62. The Hall–Kier alpha value is -1.59. The Morgan fingerprint density at radius 2 is 1.79 bits per heavy atom. The van der Waals surface area contributed by atoms with Gasteiger partial charge in [-0.15, -0.1) is 0 Å². The molecule has 130 valence electrons. The highest BCUT2D eigenvalue weighted by atomic mass is 16.4. The van der Waals surface area contributed by atoms with Crippen LogP contribution in [0, 0.1) is 17.8 Å². The van der Waals surface area contributed by atoms with Gasteiger partial charge in [0.15, 0.2) is 0 Å². The van der Waals surface area contributed by atoms with Gasteiger partial charge in [0, 0.05) is 6.54 Å². The Morgan fingerprint density at radius 1 is 1.12 bits per heavy atom. The largest absolute Gasteiger partial charge is 0.465 e. The maximum Gasteiger partial charge on any atom is 0.405 e. The summed E-state index contributed by atoms with van der Waals surface area (Å²) in [5.41, 5.74) is -0.0837. The molecule has 2 unspecified atom stereocenters. The van der Waals surface area contributed by atoms with Gasteiger partial charge in [0.05, 0.1) is 11.1 Å². The van der Waals surface area contributed by atoms with E-state index in [2.05, 4.69) is 10.6 Å². The van der Waals surface area contributed by atoms with Gasteiger partial charge in [-0.2, -0.15) is 0 Å². The zero-order chi connectivity index (χ0) is 16.8. The molecule has 5 heteroatoms. The Balaban J connectivity index is 1.61. The topological polar surface area (TPSA) is 81.6 Å². The Morgan fingerprint density at radius 3 is 2.33 bits per heavy atom. The lowest BCUT2D eigenvalue weighted by Crippen LogP contribution is -2.58. The summed E-state index contributed by atoms with van der Waals surface area (Å²) in [4.78, 5) is 11.3. The first-order valence-electron chi connectivity index (χ1n) is 9.04. The molecule has 5 nitrogen and oxygen atoms in total. The second-order valence-electron chi connectivity index (χ2n) is 7.84. The number of amides is 1. The van der Waals surface area contributed by atoms with E-state index in [4.69, 9.17) is 0 Å². The fourth-order valence-corrected chi connectivity index (χ4v) is 5.66. The van der Waals surface area contributed by atoms with Crippen LogP contribution in [-0.2, 0) is 5.60 Å². The number of fused-ring (bicyclic) bond motifs is 2. The van der Waals surface area contributed by atoms with Crippen molar-refractivity contribution in [2.45, 2.75) is 43.2 Å². The number of carboxylic acid groups (broad SMARTS) is 1. The van der Waals surface area contributed by atoms with Crippen LogP contribution in [0.5, 0.6) is 0 Å². The molecule has 3 atom stereocenters. The van der Waals surface area contributed by atoms with Crippen molar-refractivity contribution in [3.8, 4) is 0 Å². The highest BCUT2D eigenvalue weighted by molar-refractivity contribution is 5.66. The van der Waals surface area contributed by atoms with Crippen LogP contribution >= 0.6 is 0 Å². The SMILES string of the molecule is O=C(O)N[C@@]1(C2CC3CCC(C2)C3(O)c2ccccc2)CCNC1. The van der Waals surface area contributed by atoms with Gasteiger partial charge in [0.2, 0.25) is 0 Å². The molecule has 0 aromatic heterocycles. The monoisotopic (exact) mass is 330 g/mol. The van der Waals surface area contributed by atoms with E-state index in [0.29, 0.717) is 12.5 Å². The van der Waals surface area contributed by atoms with E-state index < -0.39 is 11.7 Å². The molecule has 3 fully saturated rings. The summed E-state index contributed by atoms with van der Waals surface area (Å²) >= 11 is 0. The fourth-order valence-electron chi connectivity index (χ4n) is 5.66. The van der Waals surface area contributed by atoms with Crippen LogP contribution in [0.3, 0.4) is 0 Å². The average Bonchev–Trinajstić information content (AvgIpc) is 3.07. The lowest BCUT2D eigenvalue weighted by molar-refractivity contribution is -0.0903. The van der Waals surface area contributed by atoms with Crippen LogP contribution < -0.4 is 10.6 Å². The number of nitrogens with one attached hydrogen (secondary N) is 2. The molecule has 2 saturated carbocycles. The van der Waals surface area contributed by atoms with E-state index in [1.54, 1.807) is 0 Å². The third-order valence-electron chi connectivity index (χ3n) is 6.81. The van der Waals surface area contributed by atoms with Crippen LogP contribution in [0.15, 0.2) is 30.3 Å². The maximum absolute atomic E-state index is 11.5. The van der Waals surface area contributed by atoms with Crippen molar-refractivity contribution in [3.05, 3.63) is 35.9 Å². The van der Waals surface area contributed by atoms with Crippen molar-refractivity contribution in [3.63, 3.8) is 0 Å². The zero-order valence-electron chi connectivity index (χ0n) is 13.9. The molecule has 1 aromatic carbocycles. The highest BCUT2D eigenvalue weighted by Crippen LogP contribution is 2.58. The lowest BCUT2D eigenvalue weighted by Gasteiger charge is -2.48. The number of hydrogen-bond donors (Lipinski definition) is 4. The second kappa shape index (κ2) is 5.74. The van der Waals surface area contributed by atoms with E-state index in [0.717, 1.165) is 44.2 Å². The van der Waals surface area contributed by atoms with Gasteiger partial charge in [-0.1, -0.05) is 30.3 Å². The summed E-state index contributed by atoms with van der Waals surface area (Å²) in [6.45, 7) is 1.56. The fraction of sp³-hybridized carbons (Fsp3) is 0.632. The van der Waals surface area contributed by atoms with Crippen LogP contribution in [0.25, 0.3) is 0 Å². The molecular weight excluding hydrogens is 304 g/mol. The molecular formula is C19H26N2O3. The summed E-state index contributed by atoms with van der Waals surface area (Å²) in [7, 11) is 0. The molecule has 0 spiro atoms. The first-order valence-corrected chi connectivity index (χ1v) is 9.04. The predicted octanol–water partition coefficient (Wildman–Crippen LogP) is 2.31. The molecule has 2 aliphatic carbocycles. The highest BCUT2D eigenvalue weighted by Gasteiger charge is 2.58. The number of benzene rings is 1. The van der Waals surface area contributed by atoms with Gasteiger partial charge in [0.25, 0.3) is 0 Å². The van der Waals surface area contributed by atoms with Gasteiger partial charge >= 0.3 is 6.09 Å². The van der Waals surface area contributed by atoms with E-state index in [1.165, 1.54) is 0 Å². The minimum Gasteiger partial charge on any atom is -0.465 e.